The molecule has 0 saturated carbocycles. The first-order valence-corrected chi connectivity index (χ1v) is 12.1. The molecule has 0 amide bonds. The van der Waals surface area contributed by atoms with Gasteiger partial charge in [0.2, 0.25) is 0 Å². The van der Waals surface area contributed by atoms with Gasteiger partial charge in [-0.25, -0.2) is 0 Å². The van der Waals surface area contributed by atoms with Crippen LogP contribution in [0.4, 0.5) is 0 Å². The molecule has 4 unspecified atom stereocenters. The molecule has 2 bridgehead atoms. The summed E-state index contributed by atoms with van der Waals surface area (Å²) in [5, 5.41) is 8.67. The molecule has 140 valence electrons. The minimum absolute atomic E-state index is 0.315. The van der Waals surface area contributed by atoms with Gasteiger partial charge >= 0.3 is 5.97 Å². The van der Waals surface area contributed by atoms with Crippen LogP contribution in [-0.2, 0) is 9.53 Å². The fourth-order valence-electron chi connectivity index (χ4n) is 3.88. The standard InChI is InChI=1S/C19H34O3S2/c1-2-3-4-6-11-23-13-15-16(18-10-9-17(15)22-18)14-24-12-7-5-8-19(20)21/h15-18H,2-14H2,1H3,(H,20,21). The molecule has 1 N–H and O–H groups in total. The van der Waals surface area contributed by atoms with E-state index in [9.17, 15) is 4.79 Å². The maximum atomic E-state index is 10.5. The van der Waals surface area contributed by atoms with Crippen LogP contribution in [0.5, 0.6) is 0 Å². The van der Waals surface area contributed by atoms with Crippen molar-refractivity contribution >= 4 is 29.5 Å². The number of rotatable bonds is 14. The number of carbonyl (C=O) groups is 1. The second kappa shape index (κ2) is 11.7. The highest BCUT2D eigenvalue weighted by atomic mass is 32.2. The van der Waals surface area contributed by atoms with Gasteiger partial charge in [-0.05, 0) is 55.1 Å². The van der Waals surface area contributed by atoms with E-state index in [-0.39, 0.29) is 0 Å². The fourth-order valence-corrected chi connectivity index (χ4v) is 6.50. The highest BCUT2D eigenvalue weighted by Gasteiger charge is 2.48. The zero-order valence-electron chi connectivity index (χ0n) is 15.1. The van der Waals surface area contributed by atoms with Gasteiger partial charge in [0.1, 0.15) is 0 Å². The van der Waals surface area contributed by atoms with Crippen LogP contribution in [0, 0.1) is 11.8 Å². The van der Waals surface area contributed by atoms with Gasteiger partial charge in [0.15, 0.2) is 0 Å². The van der Waals surface area contributed by atoms with Gasteiger partial charge < -0.3 is 9.84 Å². The Labute approximate surface area is 156 Å². The molecule has 0 spiro atoms. The Hall–Kier alpha value is 0.130. The Kier molecular flexibility index (Phi) is 9.96. The van der Waals surface area contributed by atoms with Gasteiger partial charge in [-0.2, -0.15) is 23.5 Å². The smallest absolute Gasteiger partial charge is 0.303 e. The van der Waals surface area contributed by atoms with E-state index in [1.54, 1.807) is 0 Å². The summed E-state index contributed by atoms with van der Waals surface area (Å²) in [6.07, 6.45) is 11.1. The van der Waals surface area contributed by atoms with Crippen molar-refractivity contribution in [3.05, 3.63) is 0 Å². The molecule has 0 aromatic heterocycles. The molecule has 5 heteroatoms. The van der Waals surface area contributed by atoms with Crippen LogP contribution in [0.25, 0.3) is 0 Å². The predicted octanol–water partition coefficient (Wildman–Crippen LogP) is 5.08. The summed E-state index contributed by atoms with van der Waals surface area (Å²) < 4.78 is 6.20. The normalized spacial score (nSPS) is 28.5. The Bertz CT molecular complexity index is 365. The van der Waals surface area contributed by atoms with Crippen molar-refractivity contribution in [2.24, 2.45) is 11.8 Å². The number of carboxylic acid groups (broad SMARTS) is 1. The van der Waals surface area contributed by atoms with Crippen molar-refractivity contribution in [1.82, 2.24) is 0 Å². The first kappa shape index (κ1) is 20.4. The molecule has 2 saturated heterocycles. The lowest BCUT2D eigenvalue weighted by Crippen LogP contribution is -2.31. The molecule has 0 aliphatic carbocycles. The van der Waals surface area contributed by atoms with Crippen LogP contribution in [-0.4, -0.2) is 46.3 Å². The van der Waals surface area contributed by atoms with Crippen LogP contribution in [0.1, 0.15) is 64.7 Å². The third-order valence-corrected chi connectivity index (χ3v) is 7.68. The molecule has 2 heterocycles. The summed E-state index contributed by atoms with van der Waals surface area (Å²) in [4.78, 5) is 10.5. The van der Waals surface area contributed by atoms with Crippen LogP contribution >= 0.6 is 23.5 Å². The topological polar surface area (TPSA) is 46.5 Å². The van der Waals surface area contributed by atoms with Crippen molar-refractivity contribution in [2.45, 2.75) is 76.9 Å². The number of hydrogen-bond acceptors (Lipinski definition) is 4. The molecule has 4 atom stereocenters. The number of fused-ring (bicyclic) bond motifs is 2. The predicted molar refractivity (Wildman–Crippen MR) is 105 cm³/mol. The number of ether oxygens (including phenoxy) is 1. The lowest BCUT2D eigenvalue weighted by molar-refractivity contribution is -0.137. The summed E-state index contributed by atoms with van der Waals surface area (Å²) >= 11 is 4.15. The molecule has 0 aromatic carbocycles. The second-order valence-corrected chi connectivity index (χ2v) is 9.48. The van der Waals surface area contributed by atoms with Gasteiger partial charge in [-0.3, -0.25) is 4.79 Å². The van der Waals surface area contributed by atoms with Crippen molar-refractivity contribution in [3.8, 4) is 0 Å². The maximum Gasteiger partial charge on any atom is 0.303 e. The molecule has 0 aromatic rings. The van der Waals surface area contributed by atoms with E-state index >= 15 is 0 Å². The van der Waals surface area contributed by atoms with Gasteiger partial charge in [-0.15, -0.1) is 0 Å². The number of unbranched alkanes of at least 4 members (excludes halogenated alkanes) is 4. The quantitative estimate of drug-likeness (QED) is 0.430. The highest BCUT2D eigenvalue weighted by Crippen LogP contribution is 2.46. The van der Waals surface area contributed by atoms with E-state index in [4.69, 9.17) is 9.84 Å². The number of aliphatic carboxylic acids is 1. The zero-order valence-corrected chi connectivity index (χ0v) is 16.7. The molecular weight excluding hydrogens is 340 g/mol. The minimum Gasteiger partial charge on any atom is -0.481 e. The first-order chi connectivity index (χ1) is 11.7. The number of carboxylic acids is 1. The SMILES string of the molecule is CCCCCCSCC1C2CCC(O2)C1CSCCCCC(=O)O. The Morgan fingerprint density at radius 3 is 2.08 bits per heavy atom. The summed E-state index contributed by atoms with van der Waals surface area (Å²) in [5.74, 6) is 5.70. The maximum absolute atomic E-state index is 10.5. The largest absolute Gasteiger partial charge is 0.481 e. The molecule has 3 nitrogen and oxygen atoms in total. The van der Waals surface area contributed by atoms with E-state index < -0.39 is 5.97 Å². The van der Waals surface area contributed by atoms with Crippen LogP contribution in [0.3, 0.4) is 0 Å². The molecule has 2 aliphatic heterocycles. The van der Waals surface area contributed by atoms with Crippen LogP contribution < -0.4 is 0 Å². The van der Waals surface area contributed by atoms with E-state index in [2.05, 4.69) is 18.7 Å². The van der Waals surface area contributed by atoms with Gasteiger partial charge in [0.05, 0.1) is 12.2 Å². The van der Waals surface area contributed by atoms with Crippen LogP contribution in [0.15, 0.2) is 0 Å². The highest BCUT2D eigenvalue weighted by molar-refractivity contribution is 7.99. The zero-order chi connectivity index (χ0) is 17.2. The van der Waals surface area contributed by atoms with Crippen molar-refractivity contribution < 1.29 is 14.6 Å². The summed E-state index contributed by atoms with van der Waals surface area (Å²) in [5.41, 5.74) is 0. The third kappa shape index (κ3) is 6.80. The number of thioether (sulfide) groups is 2. The molecular formula is C19H34O3S2. The Morgan fingerprint density at radius 1 is 0.958 bits per heavy atom. The van der Waals surface area contributed by atoms with Gasteiger partial charge in [-0.1, -0.05) is 26.2 Å². The fraction of sp³-hybridized carbons (Fsp3) is 0.947. The van der Waals surface area contributed by atoms with E-state index in [1.165, 1.54) is 55.8 Å². The monoisotopic (exact) mass is 374 g/mol. The molecule has 2 fully saturated rings. The Balaban J connectivity index is 1.59. The van der Waals surface area contributed by atoms with E-state index in [0.717, 1.165) is 30.4 Å². The lowest BCUT2D eigenvalue weighted by Gasteiger charge is -2.27. The first-order valence-electron chi connectivity index (χ1n) is 9.75. The van der Waals surface area contributed by atoms with Gasteiger partial charge in [0.25, 0.3) is 0 Å². The van der Waals surface area contributed by atoms with Crippen LogP contribution in [0.2, 0.25) is 0 Å². The molecule has 0 radical (unpaired) electrons. The van der Waals surface area contributed by atoms with Gasteiger partial charge in [0, 0.05) is 18.3 Å². The van der Waals surface area contributed by atoms with E-state index in [0.29, 0.717) is 18.6 Å². The third-order valence-electron chi connectivity index (χ3n) is 5.28. The average molecular weight is 375 g/mol. The number of hydrogen-bond donors (Lipinski definition) is 1. The van der Waals surface area contributed by atoms with Crippen molar-refractivity contribution in [3.63, 3.8) is 0 Å². The van der Waals surface area contributed by atoms with Crippen molar-refractivity contribution in [2.75, 3.05) is 23.0 Å². The summed E-state index contributed by atoms with van der Waals surface area (Å²) in [6, 6.07) is 0. The molecule has 2 aliphatic rings. The minimum atomic E-state index is -0.669. The summed E-state index contributed by atoms with van der Waals surface area (Å²) in [7, 11) is 0. The van der Waals surface area contributed by atoms with Crippen molar-refractivity contribution in [1.29, 1.82) is 0 Å². The second-order valence-electron chi connectivity index (χ2n) is 7.18. The van der Waals surface area contributed by atoms with E-state index in [1.807, 2.05) is 11.8 Å². The summed E-state index contributed by atoms with van der Waals surface area (Å²) in [6.45, 7) is 2.27. The Morgan fingerprint density at radius 2 is 1.54 bits per heavy atom. The molecule has 2 rings (SSSR count). The molecule has 24 heavy (non-hydrogen) atoms. The lowest BCUT2D eigenvalue weighted by atomic mass is 9.81. The average Bonchev–Trinajstić information content (AvgIpc) is 3.15.